The first-order valence-electron chi connectivity index (χ1n) is 57.8. The Morgan fingerprint density at radius 1 is 0.250 bits per heavy atom. The van der Waals surface area contributed by atoms with Gasteiger partial charge < -0.3 is 46.4 Å². The molecule has 0 radical (unpaired) electrons. The van der Waals surface area contributed by atoms with Crippen LogP contribution in [0.25, 0.3) is 44.5 Å². The summed E-state index contributed by atoms with van der Waals surface area (Å²) in [5.41, 5.74) is 48.6. The monoisotopic (exact) mass is 1950 g/mol. The molecule has 6 rings (SSSR count). The van der Waals surface area contributed by atoms with E-state index in [0.29, 0.717) is 0 Å². The van der Waals surface area contributed by atoms with Crippen LogP contribution in [0, 0.1) is 24.7 Å². The van der Waals surface area contributed by atoms with Crippen molar-refractivity contribution in [3.63, 3.8) is 0 Å². The number of hydrogen-bond acceptors (Lipinski definition) is 0. The summed E-state index contributed by atoms with van der Waals surface area (Å²) in [6.07, 6.45) is 106. The second kappa shape index (κ2) is 94.7. The zero-order valence-electron chi connectivity index (χ0n) is 92.3. The maximum atomic E-state index is 12.3. The minimum Gasteiger partial charge on any atom is -0.694 e. The summed E-state index contributed by atoms with van der Waals surface area (Å²) in [6.45, 7) is 43.6. The molecule has 0 fully saturated rings. The molecule has 0 aliphatic carbocycles. The van der Waals surface area contributed by atoms with E-state index in [4.69, 9.17) is 12.8 Å². The van der Waals surface area contributed by atoms with Crippen molar-refractivity contribution in [3.8, 4) is 11.8 Å². The molecule has 4 aromatic carbocycles. The number of benzene rings is 4. The molecule has 6 nitrogen and oxygen atoms in total. The molecule has 0 amide bonds. The van der Waals surface area contributed by atoms with E-state index in [9.17, 15) is 11.1 Å². The maximum Gasteiger partial charge on any atom is 2.00 e. The zero-order valence-corrected chi connectivity index (χ0v) is 94.3. The van der Waals surface area contributed by atoms with E-state index < -0.39 is 0 Å². The Morgan fingerprint density at radius 2 is 0.456 bits per heavy atom. The molecule has 0 spiro atoms. The third kappa shape index (κ3) is 62.3. The molecular formula is C128H212N6Ni2. The summed E-state index contributed by atoms with van der Waals surface area (Å²) >= 11 is 0. The van der Waals surface area contributed by atoms with Crippen LogP contribution in [0.3, 0.4) is 0 Å². The largest absolute Gasteiger partial charge is 2.00 e. The molecule has 2 aliphatic heterocycles. The quantitative estimate of drug-likeness (QED) is 0.0139. The summed E-state index contributed by atoms with van der Waals surface area (Å²) in [6, 6.07) is 28.1. The fourth-order valence-corrected chi connectivity index (χ4v) is 18.6. The second-order valence-corrected chi connectivity index (χ2v) is 39.1. The van der Waals surface area contributed by atoms with Gasteiger partial charge in [-0.05, 0) is 241 Å². The summed E-state index contributed by atoms with van der Waals surface area (Å²) in [5.74, 6) is 4.94. The van der Waals surface area contributed by atoms with Gasteiger partial charge in [-0.15, -0.1) is 0 Å². The van der Waals surface area contributed by atoms with Crippen molar-refractivity contribution in [3.05, 3.63) is 209 Å². The molecule has 0 saturated heterocycles. The van der Waals surface area contributed by atoms with E-state index in [0.717, 1.165) is 180 Å². The summed E-state index contributed by atoms with van der Waals surface area (Å²) in [5, 5.41) is 7.94. The first-order valence-corrected chi connectivity index (χ1v) is 57.8. The summed E-state index contributed by atoms with van der Waals surface area (Å²) in [4.78, 5) is 0. The van der Waals surface area contributed by atoms with Crippen LogP contribution in [-0.2, 0) is 84.3 Å². The number of rotatable bonds is 75. The van der Waals surface area contributed by atoms with Gasteiger partial charge in [-0.1, -0.05) is 449 Å². The topological polar surface area (TPSA) is 78.8 Å². The molecule has 0 aromatic heterocycles. The van der Waals surface area contributed by atoms with Crippen LogP contribution in [0.15, 0.2) is 107 Å². The van der Waals surface area contributed by atoms with Crippen molar-refractivity contribution in [2.24, 2.45) is 0 Å². The molecule has 4 aromatic rings. The van der Waals surface area contributed by atoms with Gasteiger partial charge in [-0.2, -0.15) is 26.2 Å². The van der Waals surface area contributed by atoms with Crippen molar-refractivity contribution in [1.82, 2.24) is 0 Å². The van der Waals surface area contributed by atoms with Crippen molar-refractivity contribution >= 4 is 22.8 Å². The third-order valence-electron chi connectivity index (χ3n) is 27.0. The smallest absolute Gasteiger partial charge is 0.694 e. The number of unbranched alkanes of at least 4 members (excludes halogenated alkanes) is 49. The molecule has 0 atom stereocenters. The van der Waals surface area contributed by atoms with E-state index >= 15 is 0 Å². The predicted molar refractivity (Wildman–Crippen MR) is 599 cm³/mol. The molecule has 2 heterocycles. The first kappa shape index (κ1) is 133. The molecule has 8 heteroatoms. The Kier molecular flexibility index (Phi) is 92.5. The SMILES string of the molecule is CCCCC1=C(c2cc(CCCC)cc(CCCC)c2)[N+](=[N-])C(c2cc(CCCC)cc(CCCC)c2)=C1CCCC.CCCCCCCCCC=CC1=C(c2cc(CC)cc(CC)c2)[N+](=[N-])C(c2cc(CC)cc(CC)c2)=C1C.CC[N-]CC.CC[N-]CC.[C-]#CCCCCCCCCCCCCCCCCCCCC.[C-]#CCCCCCCCCCCCCCCCCCCCC.[Ni+2].[Ni+2]. The average Bonchev–Trinajstić information content (AvgIpc) is 1.60. The standard InChI is InChI=1S/C40H60N2.C36H50N2.2C22H41.2C4H10N.2Ni/c1-7-13-19-31-25-32(20-14-8-2)28-35(27-31)39-37(23-17-11-5)38(24-18-12-6)40(42(39)41)36-29-33(21-15-9-3)26-34(30-36)22-16-10-4;1-7-12-13-14-15-16-17-18-19-20-34-27(6)35(32-23-28(8-2)21-29(9-3)24-32)38(37)36(34)33-25-30(10-4)22-31(11-5)26-33;2*1-3-5-7-9-11-13-15-17-19-21-22-20-18-16-14-12-10-8-6-4-2;2*1-3-5-4-2;;/h25-30H,7-24H2,1-6H3;19-26H,7-18H2,1-6H3;2*3,5-22H2,1H3;2*3-4H2,1-2H3;;/q;;4*-1;2*+2. The first-order chi connectivity index (χ1) is 65.6. The van der Waals surface area contributed by atoms with E-state index in [1.807, 2.05) is 27.7 Å². The second-order valence-electron chi connectivity index (χ2n) is 39.1. The third-order valence-corrected chi connectivity index (χ3v) is 27.0. The van der Waals surface area contributed by atoms with Gasteiger partial charge >= 0.3 is 33.0 Å². The molecule has 774 valence electrons. The Morgan fingerprint density at radius 3 is 0.691 bits per heavy atom. The molecular weight excluding hydrogens is 1740 g/mol. The van der Waals surface area contributed by atoms with Gasteiger partial charge in [0.1, 0.15) is 0 Å². The van der Waals surface area contributed by atoms with Gasteiger partial charge in [0.2, 0.25) is 22.8 Å². The molecule has 136 heavy (non-hydrogen) atoms. The Bertz CT molecular complexity index is 3570. The predicted octanol–water partition coefficient (Wildman–Crippen LogP) is 42.2. The van der Waals surface area contributed by atoms with E-state index in [-0.39, 0.29) is 33.0 Å². The minimum absolute atomic E-state index is 0. The average molecular weight is 1950 g/mol. The van der Waals surface area contributed by atoms with Crippen LogP contribution in [0.1, 0.15) is 577 Å². The minimum atomic E-state index is 0. The normalized spacial score (nSPS) is 12.2. The van der Waals surface area contributed by atoms with Gasteiger partial charge in [-0.25, -0.2) is 9.39 Å². The van der Waals surface area contributed by atoms with E-state index in [1.54, 1.807) is 4.70 Å². The summed E-state index contributed by atoms with van der Waals surface area (Å²) < 4.78 is 3.10. The number of hydrogen-bond donors (Lipinski definition) is 0. The zero-order chi connectivity index (χ0) is 98.3. The number of aryl methyl sites for hydroxylation is 8. The molecule has 0 unspecified atom stereocenters. The number of nitrogens with zero attached hydrogens (tertiary/aromatic N) is 6. The van der Waals surface area contributed by atoms with Gasteiger partial charge in [0.15, 0.2) is 0 Å². The van der Waals surface area contributed by atoms with Crippen LogP contribution in [-0.4, -0.2) is 35.6 Å². The van der Waals surface area contributed by atoms with Crippen LogP contribution < -0.4 is 0 Å². The summed E-state index contributed by atoms with van der Waals surface area (Å²) in [7, 11) is 0. The van der Waals surface area contributed by atoms with Crippen LogP contribution >= 0.6 is 0 Å². The molecule has 0 saturated carbocycles. The van der Waals surface area contributed by atoms with Crippen LogP contribution in [0.2, 0.25) is 0 Å². The van der Waals surface area contributed by atoms with Crippen LogP contribution in [0.5, 0.6) is 0 Å². The van der Waals surface area contributed by atoms with Crippen molar-refractivity contribution in [2.45, 2.75) is 561 Å². The Balaban J connectivity index is 0. The fraction of sp³-hybridized carbons (Fsp3) is 0.703. The fourth-order valence-electron chi connectivity index (χ4n) is 18.6. The Hall–Kier alpha value is -5.19. The molecule has 0 bridgehead atoms. The maximum absolute atomic E-state index is 12.3. The number of allylic oxidation sites excluding steroid dienone is 6. The van der Waals surface area contributed by atoms with Gasteiger partial charge in [0.05, 0.1) is 5.57 Å². The van der Waals surface area contributed by atoms with E-state index in [2.05, 4.69) is 204 Å². The van der Waals surface area contributed by atoms with E-state index in [1.165, 1.54) is 399 Å². The van der Waals surface area contributed by atoms with Crippen molar-refractivity contribution in [2.75, 3.05) is 26.2 Å². The van der Waals surface area contributed by atoms with Crippen molar-refractivity contribution < 1.29 is 42.4 Å². The van der Waals surface area contributed by atoms with Gasteiger partial charge in [0.25, 0.3) is 0 Å². The van der Waals surface area contributed by atoms with Crippen molar-refractivity contribution in [1.29, 1.82) is 0 Å². The van der Waals surface area contributed by atoms with Gasteiger partial charge in [-0.3, -0.25) is 0 Å². The molecule has 2 aliphatic rings. The molecule has 0 N–H and O–H groups in total. The van der Waals surface area contributed by atoms with Gasteiger partial charge in [0, 0.05) is 39.0 Å². The van der Waals surface area contributed by atoms with Crippen LogP contribution in [0.4, 0.5) is 0 Å². The Labute approximate surface area is 866 Å².